The first kappa shape index (κ1) is 11.6. The van der Waals surface area contributed by atoms with Crippen LogP contribution in [0.25, 0.3) is 0 Å². The summed E-state index contributed by atoms with van der Waals surface area (Å²) in [6.07, 6.45) is 5.81. The van der Waals surface area contributed by atoms with Crippen molar-refractivity contribution in [3.63, 3.8) is 0 Å². The number of fused-ring (bicyclic) bond motifs is 1. The number of nitrogens with one attached hydrogen (secondary N) is 1. The van der Waals surface area contributed by atoms with Crippen molar-refractivity contribution in [2.75, 3.05) is 18.9 Å². The molecule has 1 heterocycles. The molecule has 1 unspecified atom stereocenters. The van der Waals surface area contributed by atoms with Gasteiger partial charge in [-0.25, -0.2) is 0 Å². The van der Waals surface area contributed by atoms with Crippen molar-refractivity contribution in [3.05, 3.63) is 29.3 Å². The number of rotatable bonds is 2. The number of hydrogen-bond donors (Lipinski definition) is 1. The average molecular weight is 244 g/mol. The maximum Gasteiger partial charge on any atom is 0.244 e. The van der Waals surface area contributed by atoms with Crippen LogP contribution in [0.4, 0.5) is 5.69 Å². The van der Waals surface area contributed by atoms with E-state index in [0.29, 0.717) is 0 Å². The zero-order valence-corrected chi connectivity index (χ0v) is 10.9. The normalized spacial score (nSPS) is 23.1. The van der Waals surface area contributed by atoms with Crippen LogP contribution in [-0.4, -0.2) is 30.4 Å². The number of likely N-dealkylation sites (tertiary alicyclic amines) is 1. The molecular weight excluding hydrogens is 224 g/mol. The van der Waals surface area contributed by atoms with Gasteiger partial charge in [0.25, 0.3) is 0 Å². The lowest BCUT2D eigenvalue weighted by molar-refractivity contribution is -0.127. The molecule has 3 heteroatoms. The summed E-state index contributed by atoms with van der Waals surface area (Å²) < 4.78 is 0. The molecule has 1 aliphatic heterocycles. The number of carbonyl (C=O) groups is 1. The van der Waals surface area contributed by atoms with Gasteiger partial charge in [-0.1, -0.05) is 12.1 Å². The van der Waals surface area contributed by atoms with Gasteiger partial charge < -0.3 is 10.2 Å². The Morgan fingerprint density at radius 2 is 2.11 bits per heavy atom. The molecule has 3 rings (SSSR count). The highest BCUT2D eigenvalue weighted by molar-refractivity contribution is 5.86. The van der Waals surface area contributed by atoms with E-state index in [1.54, 1.807) is 0 Å². The van der Waals surface area contributed by atoms with E-state index in [9.17, 15) is 4.79 Å². The number of likely N-dealkylation sites (N-methyl/N-ethyl adjacent to an activating group) is 1. The molecule has 1 fully saturated rings. The largest absolute Gasteiger partial charge is 0.373 e. The smallest absolute Gasteiger partial charge is 0.244 e. The Bertz CT molecular complexity index is 470. The fraction of sp³-hybridized carbons (Fsp3) is 0.533. The summed E-state index contributed by atoms with van der Waals surface area (Å²) in [6, 6.07) is 6.43. The summed E-state index contributed by atoms with van der Waals surface area (Å²) in [6.45, 7) is 0.867. The molecule has 0 aromatic heterocycles. The molecule has 1 aliphatic carbocycles. The highest BCUT2D eigenvalue weighted by Crippen LogP contribution is 2.29. The molecule has 1 aromatic carbocycles. The minimum atomic E-state index is -0.0246. The number of carbonyl (C=O) groups excluding carboxylic acids is 1. The van der Waals surface area contributed by atoms with Crippen molar-refractivity contribution in [2.24, 2.45) is 0 Å². The van der Waals surface area contributed by atoms with Crippen LogP contribution >= 0.6 is 0 Å². The van der Waals surface area contributed by atoms with Gasteiger partial charge in [-0.2, -0.15) is 0 Å². The Balaban J connectivity index is 1.83. The zero-order valence-electron chi connectivity index (χ0n) is 10.9. The number of aryl methyl sites for hydroxylation is 1. The lowest BCUT2D eigenvalue weighted by atomic mass is 9.90. The Morgan fingerprint density at radius 1 is 1.28 bits per heavy atom. The highest BCUT2D eigenvalue weighted by atomic mass is 16.2. The molecule has 96 valence electrons. The maximum absolute atomic E-state index is 11.9. The van der Waals surface area contributed by atoms with E-state index >= 15 is 0 Å². The molecule has 1 N–H and O–H groups in total. The number of amides is 1. The first-order valence-electron chi connectivity index (χ1n) is 6.88. The summed E-state index contributed by atoms with van der Waals surface area (Å²) in [5.41, 5.74) is 4.08. The third-order valence-corrected chi connectivity index (χ3v) is 4.15. The molecule has 0 saturated carbocycles. The summed E-state index contributed by atoms with van der Waals surface area (Å²) in [5.74, 6) is 0.225. The first-order chi connectivity index (χ1) is 8.75. The number of benzene rings is 1. The second-order valence-electron chi connectivity index (χ2n) is 5.40. The molecule has 1 aromatic rings. The third kappa shape index (κ3) is 1.98. The van der Waals surface area contributed by atoms with Gasteiger partial charge in [0, 0.05) is 19.3 Å². The van der Waals surface area contributed by atoms with Crippen LogP contribution in [0.2, 0.25) is 0 Å². The average Bonchev–Trinajstić information content (AvgIpc) is 2.71. The van der Waals surface area contributed by atoms with Gasteiger partial charge >= 0.3 is 0 Å². The van der Waals surface area contributed by atoms with Gasteiger partial charge in [0.05, 0.1) is 0 Å². The van der Waals surface area contributed by atoms with E-state index < -0.39 is 0 Å². The van der Waals surface area contributed by atoms with Crippen LogP contribution in [-0.2, 0) is 17.6 Å². The fourth-order valence-electron chi connectivity index (χ4n) is 3.06. The van der Waals surface area contributed by atoms with Gasteiger partial charge in [-0.3, -0.25) is 4.79 Å². The summed E-state index contributed by atoms with van der Waals surface area (Å²) in [4.78, 5) is 13.8. The molecule has 0 spiro atoms. The van der Waals surface area contributed by atoms with E-state index in [0.717, 1.165) is 19.4 Å². The Hall–Kier alpha value is -1.51. The SMILES string of the molecule is CN1CCC(Nc2cccc3c2CCCC3)C1=O. The quantitative estimate of drug-likeness (QED) is 0.865. The Kier molecular flexibility index (Phi) is 2.98. The monoisotopic (exact) mass is 244 g/mol. The number of anilines is 1. The van der Waals surface area contributed by atoms with E-state index in [2.05, 4.69) is 23.5 Å². The second-order valence-corrected chi connectivity index (χ2v) is 5.40. The molecule has 2 aliphatic rings. The number of nitrogens with zero attached hydrogens (tertiary/aromatic N) is 1. The van der Waals surface area contributed by atoms with Crippen LogP contribution in [0.15, 0.2) is 18.2 Å². The van der Waals surface area contributed by atoms with Crippen molar-refractivity contribution in [3.8, 4) is 0 Å². The minimum absolute atomic E-state index is 0.0246. The van der Waals surface area contributed by atoms with Crippen molar-refractivity contribution < 1.29 is 4.79 Å². The van der Waals surface area contributed by atoms with Gasteiger partial charge in [0.2, 0.25) is 5.91 Å². The first-order valence-corrected chi connectivity index (χ1v) is 6.88. The van der Waals surface area contributed by atoms with Crippen molar-refractivity contribution in [1.29, 1.82) is 0 Å². The van der Waals surface area contributed by atoms with Crippen LogP contribution < -0.4 is 5.32 Å². The van der Waals surface area contributed by atoms with Crippen LogP contribution in [0.3, 0.4) is 0 Å². The molecule has 18 heavy (non-hydrogen) atoms. The Morgan fingerprint density at radius 3 is 2.89 bits per heavy atom. The fourth-order valence-corrected chi connectivity index (χ4v) is 3.06. The molecule has 3 nitrogen and oxygen atoms in total. The Labute approximate surface area is 108 Å². The molecule has 0 bridgehead atoms. The summed E-state index contributed by atoms with van der Waals surface area (Å²) >= 11 is 0. The lowest BCUT2D eigenvalue weighted by Gasteiger charge is -2.22. The molecule has 1 saturated heterocycles. The van der Waals surface area contributed by atoms with Crippen molar-refractivity contribution in [1.82, 2.24) is 4.90 Å². The van der Waals surface area contributed by atoms with Crippen molar-refractivity contribution >= 4 is 11.6 Å². The topological polar surface area (TPSA) is 32.3 Å². The lowest BCUT2D eigenvalue weighted by Crippen LogP contribution is -2.31. The number of hydrogen-bond acceptors (Lipinski definition) is 2. The van der Waals surface area contributed by atoms with Gasteiger partial charge in [0.15, 0.2) is 0 Å². The third-order valence-electron chi connectivity index (χ3n) is 4.15. The van der Waals surface area contributed by atoms with Crippen LogP contribution in [0.1, 0.15) is 30.4 Å². The molecular formula is C15H20N2O. The molecule has 1 atom stereocenters. The molecule has 1 amide bonds. The zero-order chi connectivity index (χ0) is 12.5. The van der Waals surface area contributed by atoms with E-state index in [1.165, 1.54) is 36.1 Å². The van der Waals surface area contributed by atoms with Crippen molar-refractivity contribution in [2.45, 2.75) is 38.1 Å². The highest BCUT2D eigenvalue weighted by Gasteiger charge is 2.29. The van der Waals surface area contributed by atoms with Gasteiger partial charge in [-0.05, 0) is 49.3 Å². The maximum atomic E-state index is 11.9. The van der Waals surface area contributed by atoms with E-state index in [1.807, 2.05) is 11.9 Å². The summed E-state index contributed by atoms with van der Waals surface area (Å²) in [5, 5.41) is 3.46. The molecule has 0 radical (unpaired) electrons. The minimum Gasteiger partial charge on any atom is -0.373 e. The standard InChI is InChI=1S/C15H20N2O/c1-17-10-9-14(15(17)18)16-13-8-4-6-11-5-2-3-7-12(11)13/h4,6,8,14,16H,2-3,5,7,9-10H2,1H3. The predicted octanol–water partition coefficient (Wildman–Crippen LogP) is 2.21. The van der Waals surface area contributed by atoms with Gasteiger partial charge in [-0.15, -0.1) is 0 Å². The predicted molar refractivity (Wildman–Crippen MR) is 72.7 cm³/mol. The van der Waals surface area contributed by atoms with Gasteiger partial charge in [0.1, 0.15) is 6.04 Å². The van der Waals surface area contributed by atoms with Crippen LogP contribution in [0.5, 0.6) is 0 Å². The van der Waals surface area contributed by atoms with E-state index in [4.69, 9.17) is 0 Å². The summed E-state index contributed by atoms with van der Waals surface area (Å²) in [7, 11) is 1.88. The second kappa shape index (κ2) is 4.63. The van der Waals surface area contributed by atoms with Crippen LogP contribution in [0, 0.1) is 0 Å². The van der Waals surface area contributed by atoms with E-state index in [-0.39, 0.29) is 11.9 Å².